The Morgan fingerprint density at radius 1 is 1.19 bits per heavy atom. The van der Waals surface area contributed by atoms with E-state index < -0.39 is 0 Å². The van der Waals surface area contributed by atoms with Crippen LogP contribution in [0.25, 0.3) is 11.3 Å². The molecule has 0 spiro atoms. The summed E-state index contributed by atoms with van der Waals surface area (Å²) in [6.45, 7) is 0. The lowest BCUT2D eigenvalue weighted by molar-refractivity contribution is 0.0926. The topological polar surface area (TPSA) is 79.9 Å². The number of nitrogens with zero attached hydrogens (tertiary/aromatic N) is 2. The van der Waals surface area contributed by atoms with E-state index in [0.717, 1.165) is 35.4 Å². The zero-order valence-electron chi connectivity index (χ0n) is 14.5. The maximum absolute atomic E-state index is 12.7. The van der Waals surface area contributed by atoms with E-state index >= 15 is 0 Å². The van der Waals surface area contributed by atoms with E-state index in [1.807, 2.05) is 36.4 Å². The van der Waals surface area contributed by atoms with E-state index in [4.69, 9.17) is 4.74 Å². The number of carbonyl (C=O) groups is 1. The number of aromatic nitrogens is 3. The van der Waals surface area contributed by atoms with Gasteiger partial charge < -0.3 is 10.1 Å². The van der Waals surface area contributed by atoms with Crippen molar-refractivity contribution in [2.45, 2.75) is 18.9 Å². The van der Waals surface area contributed by atoms with Crippen molar-refractivity contribution in [1.82, 2.24) is 20.5 Å². The summed E-state index contributed by atoms with van der Waals surface area (Å²) in [7, 11) is 1.65. The van der Waals surface area contributed by atoms with Gasteiger partial charge in [-0.3, -0.25) is 14.9 Å². The van der Waals surface area contributed by atoms with Gasteiger partial charge in [0.2, 0.25) is 0 Å². The Kier molecular flexibility index (Phi) is 4.39. The molecule has 0 bridgehead atoms. The van der Waals surface area contributed by atoms with Gasteiger partial charge in [-0.1, -0.05) is 12.1 Å². The molecule has 1 aliphatic carbocycles. The molecule has 0 aliphatic heterocycles. The second-order valence-electron chi connectivity index (χ2n) is 6.46. The molecule has 4 rings (SSSR count). The summed E-state index contributed by atoms with van der Waals surface area (Å²) in [4.78, 5) is 16.7. The van der Waals surface area contributed by atoms with Crippen LogP contribution in [0.2, 0.25) is 0 Å². The Labute approximate surface area is 151 Å². The molecule has 3 aromatic rings. The average molecular weight is 348 g/mol. The SMILES string of the molecule is COc1ccc([C@@H](NC(=O)c2cc(-c3ccncc3)n[nH]2)C2CC2)cc1. The first-order valence-electron chi connectivity index (χ1n) is 8.65. The molecule has 1 amide bonds. The van der Waals surface area contributed by atoms with E-state index in [1.54, 1.807) is 25.6 Å². The van der Waals surface area contributed by atoms with Gasteiger partial charge >= 0.3 is 0 Å². The zero-order chi connectivity index (χ0) is 17.9. The van der Waals surface area contributed by atoms with Gasteiger partial charge in [-0.05, 0) is 54.7 Å². The van der Waals surface area contributed by atoms with Gasteiger partial charge in [0.25, 0.3) is 5.91 Å². The molecule has 1 aromatic carbocycles. The molecule has 0 saturated heterocycles. The van der Waals surface area contributed by atoms with Crippen LogP contribution in [0.5, 0.6) is 5.75 Å². The molecule has 0 unspecified atom stereocenters. The van der Waals surface area contributed by atoms with Crippen molar-refractivity contribution in [3.8, 4) is 17.0 Å². The Hall–Kier alpha value is -3.15. The maximum Gasteiger partial charge on any atom is 0.269 e. The number of ether oxygens (including phenoxy) is 1. The Bertz CT molecular complexity index is 886. The summed E-state index contributed by atoms with van der Waals surface area (Å²) < 4.78 is 5.22. The lowest BCUT2D eigenvalue weighted by atomic mass is 10.0. The largest absolute Gasteiger partial charge is 0.497 e. The molecule has 2 heterocycles. The van der Waals surface area contributed by atoms with E-state index in [2.05, 4.69) is 20.5 Å². The first-order valence-corrected chi connectivity index (χ1v) is 8.65. The minimum Gasteiger partial charge on any atom is -0.497 e. The molecule has 2 aromatic heterocycles. The molecule has 1 aliphatic rings. The molecule has 6 heteroatoms. The highest BCUT2D eigenvalue weighted by Gasteiger charge is 2.33. The van der Waals surface area contributed by atoms with Crippen molar-refractivity contribution in [1.29, 1.82) is 0 Å². The van der Waals surface area contributed by atoms with Crippen molar-refractivity contribution >= 4 is 5.91 Å². The van der Waals surface area contributed by atoms with Crippen LogP contribution in [-0.2, 0) is 0 Å². The minimum absolute atomic E-state index is 0.00100. The second kappa shape index (κ2) is 7.00. The van der Waals surface area contributed by atoms with Crippen LogP contribution in [0.3, 0.4) is 0 Å². The number of rotatable bonds is 6. The summed E-state index contributed by atoms with van der Waals surface area (Å²) in [5.74, 6) is 1.14. The highest BCUT2D eigenvalue weighted by molar-refractivity contribution is 5.93. The monoisotopic (exact) mass is 348 g/mol. The van der Waals surface area contributed by atoms with Crippen LogP contribution in [0.4, 0.5) is 0 Å². The zero-order valence-corrected chi connectivity index (χ0v) is 14.5. The number of pyridine rings is 1. The second-order valence-corrected chi connectivity index (χ2v) is 6.46. The third kappa shape index (κ3) is 3.44. The molecule has 1 saturated carbocycles. The predicted octanol–water partition coefficient (Wildman–Crippen LogP) is 3.36. The highest BCUT2D eigenvalue weighted by Crippen LogP contribution is 2.41. The summed E-state index contributed by atoms with van der Waals surface area (Å²) in [5, 5.41) is 10.2. The molecule has 6 nitrogen and oxygen atoms in total. The van der Waals surface area contributed by atoms with E-state index in [0.29, 0.717) is 11.6 Å². The average Bonchev–Trinajstić information content (AvgIpc) is 3.42. The number of hydrogen-bond donors (Lipinski definition) is 2. The lowest BCUT2D eigenvalue weighted by Crippen LogP contribution is -2.30. The highest BCUT2D eigenvalue weighted by atomic mass is 16.5. The summed E-state index contributed by atoms with van der Waals surface area (Å²) >= 11 is 0. The van der Waals surface area contributed by atoms with Crippen LogP contribution >= 0.6 is 0 Å². The molecule has 132 valence electrons. The molecular formula is C20H20N4O2. The third-order valence-electron chi connectivity index (χ3n) is 4.65. The van der Waals surface area contributed by atoms with Gasteiger partial charge in [-0.2, -0.15) is 5.10 Å². The third-order valence-corrected chi connectivity index (χ3v) is 4.65. The standard InChI is InChI=1S/C20H20N4O2/c1-26-16-6-4-15(5-7-16)19(14-2-3-14)22-20(25)18-12-17(23-24-18)13-8-10-21-11-9-13/h4-12,14,19H,2-3H2,1H3,(H,22,25)(H,23,24)/t19-/m0/s1. The molecular weight excluding hydrogens is 328 g/mol. The summed E-state index contributed by atoms with van der Waals surface area (Å²) in [5.41, 5.74) is 3.20. The Morgan fingerprint density at radius 2 is 1.92 bits per heavy atom. The predicted molar refractivity (Wildman–Crippen MR) is 97.7 cm³/mol. The van der Waals surface area contributed by atoms with Crippen LogP contribution in [-0.4, -0.2) is 28.2 Å². The van der Waals surface area contributed by atoms with Crippen LogP contribution < -0.4 is 10.1 Å². The van der Waals surface area contributed by atoms with E-state index in [-0.39, 0.29) is 11.9 Å². The molecule has 26 heavy (non-hydrogen) atoms. The number of carbonyl (C=O) groups excluding carboxylic acids is 1. The van der Waals surface area contributed by atoms with Crippen molar-refractivity contribution in [3.05, 3.63) is 66.1 Å². The van der Waals surface area contributed by atoms with Crippen LogP contribution in [0.1, 0.15) is 34.9 Å². The number of amides is 1. The smallest absolute Gasteiger partial charge is 0.269 e. The number of H-pyrrole nitrogens is 1. The quantitative estimate of drug-likeness (QED) is 0.716. The van der Waals surface area contributed by atoms with Crippen molar-refractivity contribution in [2.75, 3.05) is 7.11 Å². The van der Waals surface area contributed by atoms with Gasteiger partial charge in [0.15, 0.2) is 0 Å². The van der Waals surface area contributed by atoms with Crippen molar-refractivity contribution in [3.63, 3.8) is 0 Å². The molecule has 0 radical (unpaired) electrons. The Balaban J connectivity index is 1.51. The number of methoxy groups -OCH3 is 1. The number of hydrogen-bond acceptors (Lipinski definition) is 4. The van der Waals surface area contributed by atoms with Gasteiger partial charge in [0.1, 0.15) is 11.4 Å². The fourth-order valence-electron chi connectivity index (χ4n) is 3.04. The fraction of sp³-hybridized carbons (Fsp3) is 0.250. The summed E-state index contributed by atoms with van der Waals surface area (Å²) in [6, 6.07) is 13.4. The number of nitrogens with one attached hydrogen (secondary N) is 2. The van der Waals surface area contributed by atoms with Gasteiger partial charge in [0, 0.05) is 18.0 Å². The summed E-state index contributed by atoms with van der Waals surface area (Å²) in [6.07, 6.45) is 5.66. The first-order chi connectivity index (χ1) is 12.7. The lowest BCUT2D eigenvalue weighted by Gasteiger charge is -2.18. The van der Waals surface area contributed by atoms with Crippen molar-refractivity contribution < 1.29 is 9.53 Å². The van der Waals surface area contributed by atoms with E-state index in [9.17, 15) is 4.79 Å². The minimum atomic E-state index is -0.148. The Morgan fingerprint density at radius 3 is 2.58 bits per heavy atom. The molecule has 1 fully saturated rings. The molecule has 1 atom stereocenters. The first kappa shape index (κ1) is 16.3. The maximum atomic E-state index is 12.7. The van der Waals surface area contributed by atoms with Crippen LogP contribution in [0.15, 0.2) is 54.9 Å². The molecule has 2 N–H and O–H groups in total. The van der Waals surface area contributed by atoms with Crippen LogP contribution in [0, 0.1) is 5.92 Å². The van der Waals surface area contributed by atoms with E-state index in [1.165, 1.54) is 0 Å². The number of aromatic amines is 1. The van der Waals surface area contributed by atoms with Gasteiger partial charge in [-0.15, -0.1) is 0 Å². The van der Waals surface area contributed by atoms with Gasteiger partial charge in [0.05, 0.1) is 18.8 Å². The normalized spacial score (nSPS) is 14.7. The fourth-order valence-corrected chi connectivity index (χ4v) is 3.04. The number of benzene rings is 1. The van der Waals surface area contributed by atoms with Gasteiger partial charge in [-0.25, -0.2) is 0 Å². The van der Waals surface area contributed by atoms with Crippen molar-refractivity contribution in [2.24, 2.45) is 5.92 Å².